The Hall–Kier alpha value is -2.20. The summed E-state index contributed by atoms with van der Waals surface area (Å²) in [6, 6.07) is 13.1. The zero-order chi connectivity index (χ0) is 14.3. The highest BCUT2D eigenvalue weighted by Gasteiger charge is 2.46. The van der Waals surface area contributed by atoms with Gasteiger partial charge in [-0.3, -0.25) is 4.79 Å². The molecule has 1 aliphatic heterocycles. The second-order valence-corrected chi connectivity index (χ2v) is 5.07. The summed E-state index contributed by atoms with van der Waals surface area (Å²) in [5.41, 5.74) is 8.57. The molecule has 102 valence electrons. The quantitative estimate of drug-likeness (QED) is 0.852. The molecule has 0 bridgehead atoms. The third-order valence-electron chi connectivity index (χ3n) is 3.65. The molecule has 1 fully saturated rings. The van der Waals surface area contributed by atoms with E-state index in [1.165, 1.54) is 12.1 Å². The lowest BCUT2D eigenvalue weighted by molar-refractivity contribution is -0.126. The number of hydrogen-bond acceptors (Lipinski definition) is 2. The van der Waals surface area contributed by atoms with Crippen molar-refractivity contribution in [2.24, 2.45) is 5.73 Å². The molecular weight excluding hydrogens is 255 g/mol. The number of carbonyl (C=O) groups excluding carboxylic acids is 1. The van der Waals surface area contributed by atoms with Gasteiger partial charge in [-0.1, -0.05) is 35.9 Å². The number of aryl methyl sites for hydroxylation is 1. The van der Waals surface area contributed by atoms with Crippen molar-refractivity contribution in [3.63, 3.8) is 0 Å². The fourth-order valence-corrected chi connectivity index (χ4v) is 2.55. The molecule has 20 heavy (non-hydrogen) atoms. The maximum Gasteiger partial charge on any atom is 0.247 e. The van der Waals surface area contributed by atoms with Crippen molar-refractivity contribution in [3.05, 3.63) is 65.5 Å². The second-order valence-electron chi connectivity index (χ2n) is 5.07. The van der Waals surface area contributed by atoms with E-state index in [1.807, 2.05) is 31.2 Å². The molecule has 0 saturated carbocycles. The highest BCUT2D eigenvalue weighted by atomic mass is 19.1. The molecule has 1 saturated heterocycles. The van der Waals surface area contributed by atoms with Crippen molar-refractivity contribution >= 4 is 11.6 Å². The molecule has 2 aromatic carbocycles. The lowest BCUT2D eigenvalue weighted by atomic mass is 9.88. The molecule has 1 heterocycles. The second kappa shape index (κ2) is 4.72. The van der Waals surface area contributed by atoms with Crippen LogP contribution in [0, 0.1) is 12.7 Å². The van der Waals surface area contributed by atoms with Crippen LogP contribution in [0.15, 0.2) is 48.5 Å². The van der Waals surface area contributed by atoms with Gasteiger partial charge in [0.15, 0.2) is 0 Å². The van der Waals surface area contributed by atoms with Crippen LogP contribution in [0.4, 0.5) is 10.1 Å². The smallest absolute Gasteiger partial charge is 0.247 e. The minimum Gasteiger partial charge on any atom is -0.318 e. The lowest BCUT2D eigenvalue weighted by Gasteiger charge is -2.45. The van der Waals surface area contributed by atoms with E-state index < -0.39 is 6.04 Å². The molecule has 0 spiro atoms. The number of β-lactam (4-membered cyclic amide) rings is 1. The minimum atomic E-state index is -0.569. The topological polar surface area (TPSA) is 46.3 Å². The molecule has 2 aromatic rings. The number of rotatable bonds is 2. The molecule has 0 radical (unpaired) electrons. The van der Waals surface area contributed by atoms with Crippen molar-refractivity contribution in [2.75, 3.05) is 4.90 Å². The number of anilines is 1. The van der Waals surface area contributed by atoms with Crippen molar-refractivity contribution in [2.45, 2.75) is 19.0 Å². The predicted molar refractivity (Wildman–Crippen MR) is 75.8 cm³/mol. The van der Waals surface area contributed by atoms with E-state index in [1.54, 1.807) is 17.0 Å². The van der Waals surface area contributed by atoms with E-state index in [0.717, 1.165) is 11.1 Å². The van der Waals surface area contributed by atoms with E-state index in [4.69, 9.17) is 5.73 Å². The predicted octanol–water partition coefficient (Wildman–Crippen LogP) is 2.55. The minimum absolute atomic E-state index is 0.179. The Kier molecular flexibility index (Phi) is 3.03. The van der Waals surface area contributed by atoms with Crippen molar-refractivity contribution in [3.8, 4) is 0 Å². The summed E-state index contributed by atoms with van der Waals surface area (Å²) >= 11 is 0. The van der Waals surface area contributed by atoms with Gasteiger partial charge in [0.1, 0.15) is 11.9 Å². The molecule has 2 atom stereocenters. The molecule has 2 N–H and O–H groups in total. The van der Waals surface area contributed by atoms with E-state index in [-0.39, 0.29) is 17.8 Å². The highest BCUT2D eigenvalue weighted by molar-refractivity contribution is 6.05. The molecule has 1 aliphatic rings. The van der Waals surface area contributed by atoms with Crippen LogP contribution < -0.4 is 10.6 Å². The van der Waals surface area contributed by atoms with E-state index in [9.17, 15) is 9.18 Å². The van der Waals surface area contributed by atoms with E-state index in [2.05, 4.69) is 0 Å². The van der Waals surface area contributed by atoms with Crippen LogP contribution in [0.5, 0.6) is 0 Å². The summed E-state index contributed by atoms with van der Waals surface area (Å²) in [5, 5.41) is 0. The van der Waals surface area contributed by atoms with Gasteiger partial charge in [0, 0.05) is 5.69 Å². The number of carbonyl (C=O) groups is 1. The summed E-state index contributed by atoms with van der Waals surface area (Å²) in [7, 11) is 0. The summed E-state index contributed by atoms with van der Waals surface area (Å²) < 4.78 is 13.3. The zero-order valence-electron chi connectivity index (χ0n) is 11.1. The van der Waals surface area contributed by atoms with Gasteiger partial charge in [0.05, 0.1) is 6.04 Å². The number of nitrogens with zero attached hydrogens (tertiary/aromatic N) is 1. The summed E-state index contributed by atoms with van der Waals surface area (Å²) in [6.45, 7) is 2.00. The first-order valence-corrected chi connectivity index (χ1v) is 6.49. The monoisotopic (exact) mass is 270 g/mol. The van der Waals surface area contributed by atoms with Crippen molar-refractivity contribution < 1.29 is 9.18 Å². The molecular formula is C16H15FN2O. The number of benzene rings is 2. The maximum absolute atomic E-state index is 13.3. The van der Waals surface area contributed by atoms with Gasteiger partial charge in [-0.15, -0.1) is 0 Å². The number of amides is 1. The summed E-state index contributed by atoms with van der Waals surface area (Å²) in [5.74, 6) is -0.542. The van der Waals surface area contributed by atoms with Gasteiger partial charge in [-0.05, 0) is 30.7 Å². The molecule has 0 aliphatic carbocycles. The lowest BCUT2D eigenvalue weighted by Crippen LogP contribution is -2.63. The highest BCUT2D eigenvalue weighted by Crippen LogP contribution is 2.38. The number of hydrogen-bond donors (Lipinski definition) is 1. The van der Waals surface area contributed by atoms with Crippen LogP contribution in [-0.2, 0) is 4.79 Å². The van der Waals surface area contributed by atoms with Gasteiger partial charge in [0.25, 0.3) is 0 Å². The Bertz CT molecular complexity index is 654. The van der Waals surface area contributed by atoms with E-state index >= 15 is 0 Å². The number of halogens is 1. The van der Waals surface area contributed by atoms with Gasteiger partial charge >= 0.3 is 0 Å². The van der Waals surface area contributed by atoms with E-state index in [0.29, 0.717) is 5.69 Å². The standard InChI is InChI=1S/C16H15FN2O/c1-10-5-7-11(8-6-10)15-14(18)16(20)19(15)13-4-2-3-12(17)9-13/h2-9,14-15H,18H2,1H3. The Balaban J connectivity index is 1.97. The normalized spacial score (nSPS) is 21.8. The van der Waals surface area contributed by atoms with Crippen LogP contribution in [0.1, 0.15) is 17.2 Å². The summed E-state index contributed by atoms with van der Waals surface area (Å²) in [6.07, 6.45) is 0. The Labute approximate surface area is 116 Å². The summed E-state index contributed by atoms with van der Waals surface area (Å²) in [4.78, 5) is 13.6. The van der Waals surface area contributed by atoms with Gasteiger partial charge in [-0.25, -0.2) is 4.39 Å². The molecule has 4 heteroatoms. The first kappa shape index (κ1) is 12.8. The van der Waals surface area contributed by atoms with Crippen LogP contribution in [0.25, 0.3) is 0 Å². The first-order valence-electron chi connectivity index (χ1n) is 6.49. The van der Waals surface area contributed by atoms with Gasteiger partial charge < -0.3 is 10.6 Å². The number of nitrogens with two attached hydrogens (primary N) is 1. The Morgan fingerprint density at radius 1 is 1.15 bits per heavy atom. The Morgan fingerprint density at radius 3 is 2.50 bits per heavy atom. The first-order chi connectivity index (χ1) is 9.58. The molecule has 0 aromatic heterocycles. The van der Waals surface area contributed by atoms with Gasteiger partial charge in [-0.2, -0.15) is 0 Å². The van der Waals surface area contributed by atoms with Crippen LogP contribution >= 0.6 is 0 Å². The molecule has 1 amide bonds. The van der Waals surface area contributed by atoms with Gasteiger partial charge in [0.2, 0.25) is 5.91 Å². The molecule has 2 unspecified atom stereocenters. The average molecular weight is 270 g/mol. The zero-order valence-corrected chi connectivity index (χ0v) is 11.1. The SMILES string of the molecule is Cc1ccc(C2C(N)C(=O)N2c2cccc(F)c2)cc1. The largest absolute Gasteiger partial charge is 0.318 e. The van der Waals surface area contributed by atoms with Crippen LogP contribution in [-0.4, -0.2) is 11.9 Å². The molecule has 3 rings (SSSR count). The van der Waals surface area contributed by atoms with Crippen LogP contribution in [0.2, 0.25) is 0 Å². The fourth-order valence-electron chi connectivity index (χ4n) is 2.55. The average Bonchev–Trinajstić information content (AvgIpc) is 2.45. The fraction of sp³-hybridized carbons (Fsp3) is 0.188. The van der Waals surface area contributed by atoms with Crippen molar-refractivity contribution in [1.82, 2.24) is 0 Å². The molecule has 3 nitrogen and oxygen atoms in total. The Morgan fingerprint density at radius 2 is 1.85 bits per heavy atom. The maximum atomic E-state index is 13.3. The van der Waals surface area contributed by atoms with Crippen LogP contribution in [0.3, 0.4) is 0 Å². The van der Waals surface area contributed by atoms with Crippen molar-refractivity contribution in [1.29, 1.82) is 0 Å². The third kappa shape index (κ3) is 1.98. The third-order valence-corrected chi connectivity index (χ3v) is 3.65.